The molecule has 0 spiro atoms. The van der Waals surface area contributed by atoms with Crippen LogP contribution in [0.2, 0.25) is 5.02 Å². The van der Waals surface area contributed by atoms with Crippen molar-refractivity contribution in [1.82, 2.24) is 4.98 Å². The van der Waals surface area contributed by atoms with Crippen molar-refractivity contribution >= 4 is 34.1 Å². The van der Waals surface area contributed by atoms with Gasteiger partial charge < -0.3 is 9.88 Å². The van der Waals surface area contributed by atoms with E-state index in [0.717, 1.165) is 36.0 Å². The highest BCUT2D eigenvalue weighted by atomic mass is 35.5. The van der Waals surface area contributed by atoms with E-state index in [0.29, 0.717) is 10.6 Å². The van der Waals surface area contributed by atoms with Crippen LogP contribution < -0.4 is 4.90 Å². The molecule has 0 fully saturated rings. The Morgan fingerprint density at radius 1 is 1.18 bits per heavy atom. The molecule has 0 saturated heterocycles. The van der Waals surface area contributed by atoms with Crippen molar-refractivity contribution in [1.29, 1.82) is 0 Å². The van der Waals surface area contributed by atoms with E-state index in [1.165, 1.54) is 5.56 Å². The summed E-state index contributed by atoms with van der Waals surface area (Å²) in [6, 6.07) is 13.7. The molecule has 0 atom stereocenters. The Morgan fingerprint density at radius 3 is 2.95 bits per heavy atom. The number of anilines is 1. The SMILES string of the molecule is O=C(c1c[nH]c2cc(Cl)ccc12)N1CCCc2ccccc21. The third kappa shape index (κ3) is 2.09. The summed E-state index contributed by atoms with van der Waals surface area (Å²) in [5.41, 5.74) is 3.86. The Balaban J connectivity index is 1.78. The molecule has 3 aromatic rings. The standard InChI is InChI=1S/C18H15ClN2O/c19-13-7-8-14-15(11-20-16(14)10-13)18(22)21-9-3-5-12-4-1-2-6-17(12)21/h1-2,4,6-8,10-11,20H,3,5,9H2. The molecular weight excluding hydrogens is 296 g/mol. The number of hydrogen-bond acceptors (Lipinski definition) is 1. The van der Waals surface area contributed by atoms with Crippen LogP contribution >= 0.6 is 11.6 Å². The number of H-pyrrole nitrogens is 1. The van der Waals surface area contributed by atoms with Gasteiger partial charge in [0.05, 0.1) is 5.56 Å². The minimum atomic E-state index is 0.0423. The van der Waals surface area contributed by atoms with Crippen molar-refractivity contribution in [2.75, 3.05) is 11.4 Å². The normalized spacial score (nSPS) is 14.1. The summed E-state index contributed by atoms with van der Waals surface area (Å²) in [4.78, 5) is 18.0. The number of aromatic amines is 1. The molecule has 1 N–H and O–H groups in total. The van der Waals surface area contributed by atoms with E-state index in [4.69, 9.17) is 11.6 Å². The number of carbonyl (C=O) groups excluding carboxylic acids is 1. The van der Waals surface area contributed by atoms with E-state index in [1.807, 2.05) is 41.3 Å². The number of halogens is 1. The minimum absolute atomic E-state index is 0.0423. The molecule has 1 aliphatic rings. The lowest BCUT2D eigenvalue weighted by Crippen LogP contribution is -2.35. The largest absolute Gasteiger partial charge is 0.360 e. The summed E-state index contributed by atoms with van der Waals surface area (Å²) in [5.74, 6) is 0.0423. The van der Waals surface area contributed by atoms with Gasteiger partial charge in [-0.25, -0.2) is 0 Å². The molecule has 2 aromatic carbocycles. The summed E-state index contributed by atoms with van der Waals surface area (Å²) in [5, 5.41) is 1.58. The van der Waals surface area contributed by atoms with Gasteiger partial charge in [0.2, 0.25) is 0 Å². The van der Waals surface area contributed by atoms with Gasteiger partial charge in [0.1, 0.15) is 0 Å². The highest BCUT2D eigenvalue weighted by Crippen LogP contribution is 2.30. The summed E-state index contributed by atoms with van der Waals surface area (Å²) in [6.07, 6.45) is 3.81. The van der Waals surface area contributed by atoms with E-state index >= 15 is 0 Å². The van der Waals surface area contributed by atoms with E-state index in [2.05, 4.69) is 11.1 Å². The Hall–Kier alpha value is -2.26. The maximum Gasteiger partial charge on any atom is 0.260 e. The van der Waals surface area contributed by atoms with Gasteiger partial charge in [-0.05, 0) is 36.6 Å². The quantitative estimate of drug-likeness (QED) is 0.710. The number of nitrogens with zero attached hydrogens (tertiary/aromatic N) is 1. The van der Waals surface area contributed by atoms with Gasteiger partial charge in [-0.3, -0.25) is 4.79 Å². The molecule has 1 aromatic heterocycles. The monoisotopic (exact) mass is 310 g/mol. The van der Waals surface area contributed by atoms with Crippen LogP contribution in [0.4, 0.5) is 5.69 Å². The molecule has 0 aliphatic carbocycles. The number of carbonyl (C=O) groups is 1. The molecular formula is C18H15ClN2O. The second-order valence-electron chi connectivity index (χ2n) is 5.58. The first-order valence-electron chi connectivity index (χ1n) is 7.40. The van der Waals surface area contributed by atoms with Gasteiger partial charge >= 0.3 is 0 Å². The number of rotatable bonds is 1. The van der Waals surface area contributed by atoms with Gasteiger partial charge in [-0.1, -0.05) is 35.9 Å². The van der Waals surface area contributed by atoms with Crippen molar-refractivity contribution in [2.24, 2.45) is 0 Å². The summed E-state index contributed by atoms with van der Waals surface area (Å²) < 4.78 is 0. The lowest BCUT2D eigenvalue weighted by molar-refractivity contribution is 0.0986. The number of aromatic nitrogens is 1. The number of fused-ring (bicyclic) bond motifs is 2. The van der Waals surface area contributed by atoms with Gasteiger partial charge in [0.25, 0.3) is 5.91 Å². The molecule has 0 saturated carbocycles. The number of para-hydroxylation sites is 1. The lowest BCUT2D eigenvalue weighted by atomic mass is 10.0. The van der Waals surface area contributed by atoms with Crippen LogP contribution in [0.3, 0.4) is 0 Å². The predicted molar refractivity (Wildman–Crippen MR) is 89.7 cm³/mol. The minimum Gasteiger partial charge on any atom is -0.360 e. The molecule has 1 aliphatic heterocycles. The molecule has 4 rings (SSSR count). The first kappa shape index (κ1) is 13.4. The number of nitrogens with one attached hydrogen (secondary N) is 1. The molecule has 0 bridgehead atoms. The first-order valence-corrected chi connectivity index (χ1v) is 7.78. The highest BCUT2D eigenvalue weighted by molar-refractivity contribution is 6.31. The van der Waals surface area contributed by atoms with Crippen molar-refractivity contribution in [3.63, 3.8) is 0 Å². The van der Waals surface area contributed by atoms with E-state index in [9.17, 15) is 4.79 Å². The third-order valence-electron chi connectivity index (χ3n) is 4.23. The molecule has 3 nitrogen and oxygen atoms in total. The molecule has 0 radical (unpaired) electrons. The van der Waals surface area contributed by atoms with E-state index < -0.39 is 0 Å². The number of amides is 1. The highest BCUT2D eigenvalue weighted by Gasteiger charge is 2.25. The third-order valence-corrected chi connectivity index (χ3v) is 4.46. The van der Waals surface area contributed by atoms with Gasteiger partial charge in [-0.2, -0.15) is 0 Å². The van der Waals surface area contributed by atoms with Crippen LogP contribution in [0.15, 0.2) is 48.7 Å². The van der Waals surface area contributed by atoms with Gasteiger partial charge in [0, 0.05) is 34.4 Å². The summed E-state index contributed by atoms with van der Waals surface area (Å²) >= 11 is 6.01. The van der Waals surface area contributed by atoms with Crippen LogP contribution in [0, 0.1) is 0 Å². The zero-order valence-electron chi connectivity index (χ0n) is 12.0. The number of benzene rings is 2. The zero-order valence-corrected chi connectivity index (χ0v) is 12.7. The smallest absolute Gasteiger partial charge is 0.260 e. The summed E-state index contributed by atoms with van der Waals surface area (Å²) in [7, 11) is 0. The molecule has 4 heteroatoms. The zero-order chi connectivity index (χ0) is 15.1. The fraction of sp³-hybridized carbons (Fsp3) is 0.167. The molecule has 2 heterocycles. The maximum atomic E-state index is 13.0. The fourth-order valence-corrected chi connectivity index (χ4v) is 3.34. The average Bonchev–Trinajstić information content (AvgIpc) is 2.96. The molecule has 0 unspecified atom stereocenters. The van der Waals surface area contributed by atoms with Crippen LogP contribution in [0.25, 0.3) is 10.9 Å². The number of hydrogen-bond donors (Lipinski definition) is 1. The predicted octanol–water partition coefficient (Wildman–Crippen LogP) is 4.41. The van der Waals surface area contributed by atoms with Crippen LogP contribution in [0.5, 0.6) is 0 Å². The Bertz CT molecular complexity index is 868. The first-order chi connectivity index (χ1) is 10.7. The average molecular weight is 311 g/mol. The van der Waals surface area contributed by atoms with Gasteiger partial charge in [-0.15, -0.1) is 0 Å². The van der Waals surface area contributed by atoms with Crippen LogP contribution in [0.1, 0.15) is 22.3 Å². The Morgan fingerprint density at radius 2 is 2.05 bits per heavy atom. The maximum absolute atomic E-state index is 13.0. The second kappa shape index (κ2) is 5.18. The van der Waals surface area contributed by atoms with E-state index in [-0.39, 0.29) is 5.91 Å². The fourth-order valence-electron chi connectivity index (χ4n) is 3.17. The van der Waals surface area contributed by atoms with Crippen molar-refractivity contribution in [3.8, 4) is 0 Å². The Kier molecular flexibility index (Phi) is 3.16. The molecule has 110 valence electrons. The Labute approximate surface area is 133 Å². The van der Waals surface area contributed by atoms with Gasteiger partial charge in [0.15, 0.2) is 0 Å². The summed E-state index contributed by atoms with van der Waals surface area (Å²) in [6.45, 7) is 0.760. The van der Waals surface area contributed by atoms with Crippen molar-refractivity contribution in [3.05, 3.63) is 64.8 Å². The van der Waals surface area contributed by atoms with E-state index in [1.54, 1.807) is 6.20 Å². The lowest BCUT2D eigenvalue weighted by Gasteiger charge is -2.29. The topological polar surface area (TPSA) is 36.1 Å². The molecule has 22 heavy (non-hydrogen) atoms. The van der Waals surface area contributed by atoms with Crippen LogP contribution in [-0.2, 0) is 6.42 Å². The second-order valence-corrected chi connectivity index (χ2v) is 6.02. The van der Waals surface area contributed by atoms with Crippen molar-refractivity contribution < 1.29 is 4.79 Å². The van der Waals surface area contributed by atoms with Crippen LogP contribution in [-0.4, -0.2) is 17.4 Å². The van der Waals surface area contributed by atoms with Crippen molar-refractivity contribution in [2.45, 2.75) is 12.8 Å². The molecule has 1 amide bonds. The number of aryl methyl sites for hydroxylation is 1.